The topological polar surface area (TPSA) is 87.1 Å². The molecule has 0 aromatic carbocycles. The molecule has 8 heteroatoms. The van der Waals surface area contributed by atoms with E-state index in [0.29, 0.717) is 30.4 Å². The zero-order valence-corrected chi connectivity index (χ0v) is 13.3. The Morgan fingerprint density at radius 1 is 1.47 bits per heavy atom. The lowest BCUT2D eigenvalue weighted by Crippen LogP contribution is -2.24. The van der Waals surface area contributed by atoms with Crippen molar-refractivity contribution in [1.29, 1.82) is 0 Å². The second-order valence-corrected chi connectivity index (χ2v) is 5.56. The van der Waals surface area contributed by atoms with Gasteiger partial charge in [-0.25, -0.2) is 0 Å². The molecule has 0 bridgehead atoms. The van der Waals surface area contributed by atoms with E-state index in [1.54, 1.807) is 13.3 Å². The van der Waals surface area contributed by atoms with Gasteiger partial charge >= 0.3 is 0 Å². The quantitative estimate of drug-likeness (QED) is 0.840. The molecule has 2 aromatic rings. The van der Waals surface area contributed by atoms with Crippen molar-refractivity contribution < 1.29 is 9.26 Å². The van der Waals surface area contributed by atoms with Crippen LogP contribution < -0.4 is 5.73 Å². The number of methoxy groups -OCH3 is 1. The summed E-state index contributed by atoms with van der Waals surface area (Å²) in [5.74, 6) is 0.908. The maximum Gasteiger partial charge on any atom is 0.229 e. The molecular formula is C11H12Br2N4O2. The first-order valence-corrected chi connectivity index (χ1v) is 7.09. The van der Waals surface area contributed by atoms with Gasteiger partial charge in [0, 0.05) is 28.8 Å². The Balaban J connectivity index is 2.20. The van der Waals surface area contributed by atoms with Crippen LogP contribution in [-0.2, 0) is 11.2 Å². The lowest BCUT2D eigenvalue weighted by Gasteiger charge is -2.08. The summed E-state index contributed by atoms with van der Waals surface area (Å²) in [6.07, 6.45) is 2.02. The van der Waals surface area contributed by atoms with Crippen LogP contribution in [0.3, 0.4) is 0 Å². The molecule has 0 spiro atoms. The minimum absolute atomic E-state index is 0.130. The van der Waals surface area contributed by atoms with Crippen LogP contribution in [-0.4, -0.2) is 34.9 Å². The van der Waals surface area contributed by atoms with Crippen LogP contribution in [0, 0.1) is 0 Å². The summed E-state index contributed by atoms with van der Waals surface area (Å²) in [6, 6.07) is 1.87. The van der Waals surface area contributed by atoms with Gasteiger partial charge in [0.2, 0.25) is 11.7 Å². The van der Waals surface area contributed by atoms with Crippen molar-refractivity contribution in [2.75, 3.05) is 13.7 Å². The zero-order valence-electron chi connectivity index (χ0n) is 10.1. The Bertz CT molecular complexity index is 557. The Hall–Kier alpha value is -0.830. The largest absolute Gasteiger partial charge is 0.380 e. The maximum absolute atomic E-state index is 5.55. The summed E-state index contributed by atoms with van der Waals surface area (Å²) < 4.78 is 12.0. The molecule has 102 valence electrons. The van der Waals surface area contributed by atoms with Gasteiger partial charge in [-0.3, -0.25) is 4.98 Å². The van der Waals surface area contributed by atoms with Crippen LogP contribution >= 0.6 is 31.9 Å². The fraction of sp³-hybridized carbons (Fsp3) is 0.364. The van der Waals surface area contributed by atoms with Crippen molar-refractivity contribution >= 4 is 31.9 Å². The van der Waals surface area contributed by atoms with Crippen LogP contribution in [0.2, 0.25) is 0 Å². The molecule has 1 atom stereocenters. The maximum atomic E-state index is 5.55. The third-order valence-electron chi connectivity index (χ3n) is 2.49. The average molecular weight is 392 g/mol. The van der Waals surface area contributed by atoms with Crippen molar-refractivity contribution in [3.8, 4) is 11.5 Å². The monoisotopic (exact) mass is 390 g/mol. The van der Waals surface area contributed by atoms with E-state index >= 15 is 0 Å². The molecule has 0 fully saturated rings. The molecule has 2 aromatic heterocycles. The van der Waals surface area contributed by atoms with Crippen LogP contribution in [0.15, 0.2) is 25.7 Å². The van der Waals surface area contributed by atoms with Crippen molar-refractivity contribution in [1.82, 2.24) is 15.1 Å². The minimum Gasteiger partial charge on any atom is -0.380 e. The van der Waals surface area contributed by atoms with Gasteiger partial charge in [0.25, 0.3) is 0 Å². The number of ether oxygens (including phenoxy) is 1. The molecule has 0 aliphatic rings. The summed E-state index contributed by atoms with van der Waals surface area (Å²) in [5.41, 5.74) is 6.17. The van der Waals surface area contributed by atoms with Gasteiger partial charge in [-0.15, -0.1) is 0 Å². The van der Waals surface area contributed by atoms with Crippen molar-refractivity contribution in [3.05, 3.63) is 27.1 Å². The molecule has 19 heavy (non-hydrogen) atoms. The number of nitrogens with zero attached hydrogens (tertiary/aromatic N) is 3. The smallest absolute Gasteiger partial charge is 0.229 e. The molecule has 2 rings (SSSR count). The highest BCUT2D eigenvalue weighted by molar-refractivity contribution is 9.11. The van der Waals surface area contributed by atoms with E-state index in [2.05, 4.69) is 47.0 Å². The van der Waals surface area contributed by atoms with E-state index in [4.69, 9.17) is 15.0 Å². The van der Waals surface area contributed by atoms with E-state index in [9.17, 15) is 0 Å². The van der Waals surface area contributed by atoms with Gasteiger partial charge < -0.3 is 15.0 Å². The van der Waals surface area contributed by atoms with Crippen molar-refractivity contribution in [3.63, 3.8) is 0 Å². The first-order chi connectivity index (χ1) is 9.13. The van der Waals surface area contributed by atoms with Gasteiger partial charge in [-0.2, -0.15) is 4.98 Å². The highest BCUT2D eigenvalue weighted by Gasteiger charge is 2.16. The molecule has 2 heterocycles. The molecule has 0 aliphatic carbocycles. The van der Waals surface area contributed by atoms with Gasteiger partial charge in [0.05, 0.1) is 12.5 Å². The molecule has 2 N–H and O–H groups in total. The van der Waals surface area contributed by atoms with Gasteiger partial charge in [0.15, 0.2) is 0 Å². The fourth-order valence-electron chi connectivity index (χ4n) is 1.47. The molecule has 0 aliphatic heterocycles. The predicted octanol–water partition coefficient (Wildman–Crippen LogP) is 2.17. The van der Waals surface area contributed by atoms with Crippen LogP contribution in [0.5, 0.6) is 0 Å². The third kappa shape index (κ3) is 3.59. The molecule has 1 unspecified atom stereocenters. The lowest BCUT2D eigenvalue weighted by atomic mass is 10.2. The molecule has 0 saturated carbocycles. The van der Waals surface area contributed by atoms with Gasteiger partial charge in [-0.05, 0) is 37.9 Å². The Labute approximate surface area is 127 Å². The van der Waals surface area contributed by atoms with Crippen LogP contribution in [0.1, 0.15) is 5.89 Å². The van der Waals surface area contributed by atoms with Crippen LogP contribution in [0.4, 0.5) is 0 Å². The first kappa shape index (κ1) is 14.6. The number of rotatable bonds is 5. The van der Waals surface area contributed by atoms with E-state index in [1.807, 2.05) is 6.07 Å². The van der Waals surface area contributed by atoms with E-state index < -0.39 is 0 Å². The highest BCUT2D eigenvalue weighted by atomic mass is 79.9. The zero-order chi connectivity index (χ0) is 13.8. The first-order valence-electron chi connectivity index (χ1n) is 5.51. The van der Waals surface area contributed by atoms with E-state index in [0.717, 1.165) is 8.95 Å². The second kappa shape index (κ2) is 6.56. The van der Waals surface area contributed by atoms with E-state index in [-0.39, 0.29) is 6.10 Å². The number of hydrogen-bond donors (Lipinski definition) is 1. The van der Waals surface area contributed by atoms with Crippen molar-refractivity contribution in [2.45, 2.75) is 12.5 Å². The normalized spacial score (nSPS) is 12.6. The fourth-order valence-corrected chi connectivity index (χ4v) is 2.64. The third-order valence-corrected chi connectivity index (χ3v) is 3.52. The average Bonchev–Trinajstić information content (AvgIpc) is 2.84. The van der Waals surface area contributed by atoms with Gasteiger partial charge in [0.1, 0.15) is 5.69 Å². The Morgan fingerprint density at radius 2 is 2.26 bits per heavy atom. The molecule has 0 radical (unpaired) electrons. The van der Waals surface area contributed by atoms with Crippen molar-refractivity contribution in [2.24, 2.45) is 5.73 Å². The van der Waals surface area contributed by atoms with Gasteiger partial charge in [-0.1, -0.05) is 5.16 Å². The van der Waals surface area contributed by atoms with Crippen LogP contribution in [0.25, 0.3) is 11.5 Å². The number of hydrogen-bond acceptors (Lipinski definition) is 6. The predicted molar refractivity (Wildman–Crippen MR) is 76.5 cm³/mol. The lowest BCUT2D eigenvalue weighted by molar-refractivity contribution is 0.102. The number of pyridine rings is 1. The summed E-state index contributed by atoms with van der Waals surface area (Å²) in [4.78, 5) is 8.53. The minimum atomic E-state index is -0.130. The summed E-state index contributed by atoms with van der Waals surface area (Å²) in [5, 5.41) is 3.91. The summed E-state index contributed by atoms with van der Waals surface area (Å²) in [6.45, 7) is 0.397. The number of aromatic nitrogens is 3. The Morgan fingerprint density at radius 3 is 2.89 bits per heavy atom. The second-order valence-electron chi connectivity index (χ2n) is 3.79. The molecule has 0 amide bonds. The highest BCUT2D eigenvalue weighted by Crippen LogP contribution is 2.26. The SMILES string of the molecule is COC(CN)Cc1nc(-c2ncc(Br)cc2Br)no1. The van der Waals surface area contributed by atoms with E-state index in [1.165, 1.54) is 0 Å². The molecular weight excluding hydrogens is 380 g/mol. The number of halogens is 2. The summed E-state index contributed by atoms with van der Waals surface area (Å²) in [7, 11) is 1.60. The number of nitrogens with two attached hydrogens (primary N) is 1. The standard InChI is InChI=1S/C11H12Br2N4O2/c1-18-7(4-14)3-9-16-11(17-19-9)10-8(13)2-6(12)5-15-10/h2,5,7H,3-4,14H2,1H3. The Kier molecular flexibility index (Phi) is 5.03. The molecule has 6 nitrogen and oxygen atoms in total. The summed E-state index contributed by atoms with van der Waals surface area (Å²) >= 11 is 6.75. The molecule has 0 saturated heterocycles.